The van der Waals surface area contributed by atoms with Gasteiger partial charge in [-0.1, -0.05) is 6.08 Å². The van der Waals surface area contributed by atoms with Gasteiger partial charge in [-0.2, -0.15) is 0 Å². The molecule has 5 heteroatoms. The van der Waals surface area contributed by atoms with Crippen LogP contribution in [-0.4, -0.2) is 38.6 Å². The fourth-order valence-corrected chi connectivity index (χ4v) is 3.79. The molecule has 0 radical (unpaired) electrons. The normalized spacial score (nSPS) is 31.2. The van der Waals surface area contributed by atoms with Crippen molar-refractivity contribution in [1.82, 2.24) is 5.32 Å². The molecule has 0 amide bonds. The van der Waals surface area contributed by atoms with Crippen LogP contribution in [0.3, 0.4) is 0 Å². The monoisotopic (exact) mass is 218 g/mol. The second kappa shape index (κ2) is 4.42. The lowest BCUT2D eigenvalue weighted by Gasteiger charge is -2.36. The Kier molecular flexibility index (Phi) is 3.69. The second-order valence-electron chi connectivity index (χ2n) is 3.85. The molecular formula is C9H18N2O2S. The number of hydrogen-bond donors (Lipinski definition) is 2. The molecule has 0 aromatic heterocycles. The minimum Gasteiger partial charge on any atom is -0.329 e. The smallest absolute Gasteiger partial charge is 0.152 e. The van der Waals surface area contributed by atoms with Crippen LogP contribution in [0.4, 0.5) is 0 Å². The maximum Gasteiger partial charge on any atom is 0.152 e. The van der Waals surface area contributed by atoms with Crippen LogP contribution in [0.5, 0.6) is 0 Å². The van der Waals surface area contributed by atoms with Gasteiger partial charge in [-0.25, -0.2) is 8.42 Å². The second-order valence-corrected chi connectivity index (χ2v) is 6.03. The minimum atomic E-state index is -2.91. The molecule has 3 N–H and O–H groups in total. The summed E-state index contributed by atoms with van der Waals surface area (Å²) in [6.07, 6.45) is 3.25. The Balaban J connectivity index is 2.72. The van der Waals surface area contributed by atoms with Gasteiger partial charge in [-0.3, -0.25) is 0 Å². The molecule has 14 heavy (non-hydrogen) atoms. The van der Waals surface area contributed by atoms with Crippen molar-refractivity contribution in [2.24, 2.45) is 5.73 Å². The highest BCUT2D eigenvalue weighted by Crippen LogP contribution is 2.21. The molecule has 1 fully saturated rings. The molecule has 0 aromatic carbocycles. The molecule has 0 saturated carbocycles. The molecule has 82 valence electrons. The molecular weight excluding hydrogens is 200 g/mol. The van der Waals surface area contributed by atoms with Gasteiger partial charge in [0.1, 0.15) is 0 Å². The van der Waals surface area contributed by atoms with E-state index in [-0.39, 0.29) is 5.75 Å². The molecule has 4 nitrogen and oxygen atoms in total. The van der Waals surface area contributed by atoms with Crippen LogP contribution in [0.25, 0.3) is 0 Å². The van der Waals surface area contributed by atoms with Crippen molar-refractivity contribution in [3.05, 3.63) is 12.7 Å². The molecule has 1 aliphatic rings. The highest BCUT2D eigenvalue weighted by molar-refractivity contribution is 7.91. The molecule has 0 bridgehead atoms. The zero-order valence-corrected chi connectivity index (χ0v) is 9.15. The van der Waals surface area contributed by atoms with Gasteiger partial charge in [0.2, 0.25) is 0 Å². The zero-order chi connectivity index (χ0) is 10.7. The quantitative estimate of drug-likeness (QED) is 0.634. The van der Waals surface area contributed by atoms with Crippen LogP contribution in [0.15, 0.2) is 12.7 Å². The Morgan fingerprint density at radius 2 is 2.29 bits per heavy atom. The molecule has 1 aliphatic heterocycles. The summed E-state index contributed by atoms with van der Waals surface area (Å²) < 4.78 is 22.9. The van der Waals surface area contributed by atoms with E-state index in [0.717, 1.165) is 6.42 Å². The maximum atomic E-state index is 11.5. The number of nitrogens with one attached hydrogen (secondary N) is 1. The van der Waals surface area contributed by atoms with E-state index in [9.17, 15) is 8.42 Å². The van der Waals surface area contributed by atoms with Crippen LogP contribution in [0, 0.1) is 0 Å². The molecule has 1 heterocycles. The van der Waals surface area contributed by atoms with Gasteiger partial charge in [-0.15, -0.1) is 6.58 Å². The lowest BCUT2D eigenvalue weighted by Crippen LogP contribution is -2.58. The number of sulfone groups is 1. The molecule has 0 aromatic rings. The van der Waals surface area contributed by atoms with Gasteiger partial charge in [0, 0.05) is 18.6 Å². The first-order valence-electron chi connectivity index (χ1n) is 4.80. The van der Waals surface area contributed by atoms with E-state index >= 15 is 0 Å². The van der Waals surface area contributed by atoms with Gasteiger partial charge in [0.15, 0.2) is 9.84 Å². The van der Waals surface area contributed by atoms with Crippen molar-refractivity contribution in [2.75, 3.05) is 24.6 Å². The SMILES string of the molecule is C=CCNC1(CN)CCCS(=O)(=O)C1. The van der Waals surface area contributed by atoms with E-state index in [4.69, 9.17) is 5.73 Å². The Hall–Kier alpha value is -0.390. The summed E-state index contributed by atoms with van der Waals surface area (Å²) >= 11 is 0. The molecule has 0 spiro atoms. The van der Waals surface area contributed by atoms with Gasteiger partial charge in [-0.05, 0) is 12.8 Å². The Bertz CT molecular complexity index is 300. The van der Waals surface area contributed by atoms with Crippen molar-refractivity contribution in [1.29, 1.82) is 0 Å². The van der Waals surface area contributed by atoms with E-state index in [1.807, 2.05) is 0 Å². The van der Waals surface area contributed by atoms with Crippen molar-refractivity contribution >= 4 is 9.84 Å². The maximum absolute atomic E-state index is 11.5. The fourth-order valence-electron chi connectivity index (χ4n) is 1.86. The third kappa shape index (κ3) is 2.80. The third-order valence-corrected chi connectivity index (χ3v) is 4.52. The molecule has 1 unspecified atom stereocenters. The topological polar surface area (TPSA) is 72.2 Å². The summed E-state index contributed by atoms with van der Waals surface area (Å²) in [5.41, 5.74) is 5.21. The first-order valence-corrected chi connectivity index (χ1v) is 6.62. The van der Waals surface area contributed by atoms with Crippen LogP contribution < -0.4 is 11.1 Å². The highest BCUT2D eigenvalue weighted by atomic mass is 32.2. The van der Waals surface area contributed by atoms with Gasteiger partial charge >= 0.3 is 0 Å². The van der Waals surface area contributed by atoms with Gasteiger partial charge in [0.05, 0.1) is 11.5 Å². The van der Waals surface area contributed by atoms with E-state index in [2.05, 4.69) is 11.9 Å². The lowest BCUT2D eigenvalue weighted by molar-refractivity contribution is 0.340. The highest BCUT2D eigenvalue weighted by Gasteiger charge is 2.37. The first-order chi connectivity index (χ1) is 6.54. The lowest BCUT2D eigenvalue weighted by atomic mass is 9.95. The third-order valence-electron chi connectivity index (χ3n) is 2.62. The molecule has 1 rings (SSSR count). The van der Waals surface area contributed by atoms with Crippen LogP contribution in [0.2, 0.25) is 0 Å². The summed E-state index contributed by atoms with van der Waals surface area (Å²) in [7, 11) is -2.91. The summed E-state index contributed by atoms with van der Waals surface area (Å²) in [5, 5.41) is 3.17. The average molecular weight is 218 g/mol. The van der Waals surface area contributed by atoms with Gasteiger partial charge < -0.3 is 11.1 Å². The van der Waals surface area contributed by atoms with E-state index in [1.165, 1.54) is 0 Å². The van der Waals surface area contributed by atoms with Crippen molar-refractivity contribution in [2.45, 2.75) is 18.4 Å². The summed E-state index contributed by atoms with van der Waals surface area (Å²) in [6.45, 7) is 4.56. The summed E-state index contributed by atoms with van der Waals surface area (Å²) in [6, 6.07) is 0. The summed E-state index contributed by atoms with van der Waals surface area (Å²) in [4.78, 5) is 0. The average Bonchev–Trinajstić information content (AvgIpc) is 2.13. The predicted molar refractivity (Wildman–Crippen MR) is 57.9 cm³/mol. The van der Waals surface area contributed by atoms with Crippen LogP contribution in [-0.2, 0) is 9.84 Å². The Labute approximate surface area is 85.5 Å². The molecule has 1 saturated heterocycles. The Morgan fingerprint density at radius 1 is 1.57 bits per heavy atom. The molecule has 0 aliphatic carbocycles. The number of nitrogens with two attached hydrogens (primary N) is 1. The number of hydrogen-bond acceptors (Lipinski definition) is 4. The number of rotatable bonds is 4. The van der Waals surface area contributed by atoms with Gasteiger partial charge in [0.25, 0.3) is 0 Å². The standard InChI is InChI=1S/C9H18N2O2S/c1-2-5-11-9(7-10)4-3-6-14(12,13)8-9/h2,11H,1,3-8,10H2. The largest absolute Gasteiger partial charge is 0.329 e. The van der Waals surface area contributed by atoms with Crippen molar-refractivity contribution in [3.8, 4) is 0 Å². The molecule has 1 atom stereocenters. The first kappa shape index (κ1) is 11.7. The fraction of sp³-hybridized carbons (Fsp3) is 0.778. The van der Waals surface area contributed by atoms with Crippen molar-refractivity contribution < 1.29 is 8.42 Å². The summed E-state index contributed by atoms with van der Waals surface area (Å²) in [5.74, 6) is 0.453. The minimum absolute atomic E-state index is 0.157. The van der Waals surface area contributed by atoms with Crippen LogP contribution >= 0.6 is 0 Å². The van der Waals surface area contributed by atoms with Crippen molar-refractivity contribution in [3.63, 3.8) is 0 Å². The Morgan fingerprint density at radius 3 is 2.79 bits per heavy atom. The van der Waals surface area contributed by atoms with E-state index < -0.39 is 15.4 Å². The zero-order valence-electron chi connectivity index (χ0n) is 8.33. The van der Waals surface area contributed by atoms with E-state index in [1.54, 1.807) is 6.08 Å². The van der Waals surface area contributed by atoms with Crippen LogP contribution in [0.1, 0.15) is 12.8 Å². The van der Waals surface area contributed by atoms with E-state index in [0.29, 0.717) is 25.3 Å². The predicted octanol–water partition coefficient (Wildman–Crippen LogP) is -0.332.